The number of hydrogen-bond acceptors (Lipinski definition) is 5. The van der Waals surface area contributed by atoms with Gasteiger partial charge in [0.2, 0.25) is 5.91 Å². The number of aromatic nitrogens is 2. The number of carbonyl (C=O) groups is 1. The number of nitrogens with one attached hydrogen (secondary N) is 1. The predicted molar refractivity (Wildman–Crippen MR) is 116 cm³/mol. The fraction of sp³-hybridized carbons (Fsp3) is 0.381. The van der Waals surface area contributed by atoms with Gasteiger partial charge in [0.15, 0.2) is 5.16 Å². The molecular formula is C21H23N3O2S2. The Morgan fingerprint density at radius 2 is 2.00 bits per heavy atom. The molecule has 0 radical (unpaired) electrons. The van der Waals surface area contributed by atoms with E-state index in [9.17, 15) is 9.59 Å². The first kappa shape index (κ1) is 19.2. The number of amides is 1. The van der Waals surface area contributed by atoms with Crippen molar-refractivity contribution in [2.75, 3.05) is 5.75 Å². The largest absolute Gasteiger partial charge is 0.351 e. The maximum Gasteiger partial charge on any atom is 0.267 e. The Morgan fingerprint density at radius 3 is 2.71 bits per heavy atom. The summed E-state index contributed by atoms with van der Waals surface area (Å²) in [5, 5.41) is 4.28. The molecule has 2 aromatic heterocycles. The zero-order valence-electron chi connectivity index (χ0n) is 16.2. The van der Waals surface area contributed by atoms with Crippen molar-refractivity contribution in [2.24, 2.45) is 0 Å². The van der Waals surface area contributed by atoms with Crippen LogP contribution in [0.4, 0.5) is 0 Å². The van der Waals surface area contributed by atoms with Crippen molar-refractivity contribution in [1.82, 2.24) is 14.9 Å². The van der Waals surface area contributed by atoms with Crippen LogP contribution in [-0.2, 0) is 17.6 Å². The molecule has 1 aliphatic carbocycles. The van der Waals surface area contributed by atoms with Gasteiger partial charge < -0.3 is 5.32 Å². The van der Waals surface area contributed by atoms with Gasteiger partial charge in [-0.2, -0.15) is 0 Å². The fourth-order valence-electron chi connectivity index (χ4n) is 3.51. The SMILES string of the molecule is CC(C)(C)NC(=O)CSc1nc2sc3c(c2c(=O)n1-c1ccccc1)CCC3. The Balaban J connectivity index is 1.79. The molecule has 28 heavy (non-hydrogen) atoms. The lowest BCUT2D eigenvalue weighted by Gasteiger charge is -2.20. The minimum atomic E-state index is -0.289. The van der Waals surface area contributed by atoms with Crippen LogP contribution < -0.4 is 10.9 Å². The van der Waals surface area contributed by atoms with Gasteiger partial charge in [0, 0.05) is 10.4 Å². The van der Waals surface area contributed by atoms with E-state index >= 15 is 0 Å². The van der Waals surface area contributed by atoms with E-state index in [1.165, 1.54) is 22.2 Å². The third-order valence-corrected chi connectivity index (χ3v) is 6.69. The van der Waals surface area contributed by atoms with Crippen LogP contribution in [0.5, 0.6) is 0 Å². The van der Waals surface area contributed by atoms with Crippen molar-refractivity contribution in [3.05, 3.63) is 51.1 Å². The second kappa shape index (κ2) is 7.37. The van der Waals surface area contributed by atoms with Gasteiger partial charge in [0.05, 0.1) is 16.8 Å². The summed E-state index contributed by atoms with van der Waals surface area (Å²) in [5.41, 5.74) is 1.62. The van der Waals surface area contributed by atoms with Crippen LogP contribution in [0.15, 0.2) is 40.3 Å². The highest BCUT2D eigenvalue weighted by Crippen LogP contribution is 2.36. The van der Waals surface area contributed by atoms with E-state index in [4.69, 9.17) is 4.98 Å². The van der Waals surface area contributed by atoms with Crippen molar-refractivity contribution in [2.45, 2.75) is 50.7 Å². The van der Waals surface area contributed by atoms with Crippen molar-refractivity contribution < 1.29 is 4.79 Å². The monoisotopic (exact) mass is 413 g/mol. The van der Waals surface area contributed by atoms with E-state index in [0.29, 0.717) is 5.16 Å². The topological polar surface area (TPSA) is 64.0 Å². The highest BCUT2D eigenvalue weighted by Gasteiger charge is 2.24. The summed E-state index contributed by atoms with van der Waals surface area (Å²) >= 11 is 2.93. The highest BCUT2D eigenvalue weighted by atomic mass is 32.2. The van der Waals surface area contributed by atoms with Gasteiger partial charge in [0.25, 0.3) is 5.56 Å². The molecule has 2 heterocycles. The molecule has 0 saturated carbocycles. The average molecular weight is 414 g/mol. The molecular weight excluding hydrogens is 390 g/mol. The first-order chi connectivity index (χ1) is 13.3. The normalized spacial score (nSPS) is 13.7. The standard InChI is InChI=1S/C21H23N3O2S2/c1-21(2,3)23-16(25)12-27-20-22-18-17(14-10-7-11-15(14)28-18)19(26)24(20)13-8-5-4-6-9-13/h4-6,8-9H,7,10-12H2,1-3H3,(H,23,25). The summed E-state index contributed by atoms with van der Waals surface area (Å²) in [6.07, 6.45) is 3.07. The summed E-state index contributed by atoms with van der Waals surface area (Å²) in [6.45, 7) is 5.85. The smallest absolute Gasteiger partial charge is 0.267 e. The fourth-order valence-corrected chi connectivity index (χ4v) is 5.63. The molecule has 0 spiro atoms. The average Bonchev–Trinajstić information content (AvgIpc) is 3.20. The van der Waals surface area contributed by atoms with Crippen LogP contribution in [0.1, 0.15) is 37.6 Å². The maximum absolute atomic E-state index is 13.5. The van der Waals surface area contributed by atoms with Crippen LogP contribution in [0, 0.1) is 0 Å². The first-order valence-electron chi connectivity index (χ1n) is 9.40. The number of fused-ring (bicyclic) bond motifs is 3. The molecule has 1 aromatic carbocycles. The molecule has 0 fully saturated rings. The summed E-state index contributed by atoms with van der Waals surface area (Å²) < 4.78 is 1.66. The molecule has 0 bridgehead atoms. The van der Waals surface area contributed by atoms with Crippen molar-refractivity contribution >= 4 is 39.2 Å². The van der Waals surface area contributed by atoms with E-state index in [1.807, 2.05) is 51.1 Å². The van der Waals surface area contributed by atoms with Crippen LogP contribution in [0.2, 0.25) is 0 Å². The molecule has 5 nitrogen and oxygen atoms in total. The Labute approximate surface area is 172 Å². The molecule has 146 valence electrons. The predicted octanol–water partition coefficient (Wildman–Crippen LogP) is 3.94. The number of benzene rings is 1. The lowest BCUT2D eigenvalue weighted by molar-refractivity contribution is -0.119. The summed E-state index contributed by atoms with van der Waals surface area (Å²) in [6, 6.07) is 9.55. The molecule has 1 amide bonds. The molecule has 1 N–H and O–H groups in total. The van der Waals surface area contributed by atoms with E-state index in [-0.39, 0.29) is 22.8 Å². The third-order valence-electron chi connectivity index (χ3n) is 4.57. The van der Waals surface area contributed by atoms with Crippen molar-refractivity contribution in [1.29, 1.82) is 0 Å². The Hall–Kier alpha value is -2.12. The molecule has 0 aliphatic heterocycles. The van der Waals surface area contributed by atoms with Crippen LogP contribution in [0.25, 0.3) is 15.9 Å². The second-order valence-corrected chi connectivity index (χ2v) is 10.0. The number of thiophene rings is 1. The molecule has 0 unspecified atom stereocenters. The van der Waals surface area contributed by atoms with E-state index in [0.717, 1.165) is 35.2 Å². The van der Waals surface area contributed by atoms with Gasteiger partial charge in [-0.25, -0.2) is 4.98 Å². The van der Waals surface area contributed by atoms with Crippen LogP contribution in [0.3, 0.4) is 0 Å². The Kier molecular flexibility index (Phi) is 5.05. The van der Waals surface area contributed by atoms with Gasteiger partial charge in [-0.3, -0.25) is 14.2 Å². The minimum Gasteiger partial charge on any atom is -0.351 e. The van der Waals surface area contributed by atoms with Gasteiger partial charge in [0.1, 0.15) is 4.83 Å². The van der Waals surface area contributed by atoms with Gasteiger partial charge in [-0.1, -0.05) is 30.0 Å². The third kappa shape index (κ3) is 3.73. The summed E-state index contributed by atoms with van der Waals surface area (Å²) in [4.78, 5) is 32.6. The van der Waals surface area contributed by atoms with Gasteiger partial charge in [-0.05, 0) is 57.7 Å². The number of nitrogens with zero attached hydrogens (tertiary/aromatic N) is 2. The van der Waals surface area contributed by atoms with Gasteiger partial charge >= 0.3 is 0 Å². The summed E-state index contributed by atoms with van der Waals surface area (Å²) in [5.74, 6) is 0.146. The summed E-state index contributed by atoms with van der Waals surface area (Å²) in [7, 11) is 0. The number of thioether (sulfide) groups is 1. The zero-order valence-corrected chi connectivity index (χ0v) is 17.9. The zero-order chi connectivity index (χ0) is 19.9. The quantitative estimate of drug-likeness (QED) is 0.520. The molecule has 0 saturated heterocycles. The molecule has 3 aromatic rings. The van der Waals surface area contributed by atoms with E-state index in [2.05, 4.69) is 5.32 Å². The number of para-hydroxylation sites is 1. The number of aryl methyl sites for hydroxylation is 2. The number of rotatable bonds is 4. The lowest BCUT2D eigenvalue weighted by Crippen LogP contribution is -2.41. The highest BCUT2D eigenvalue weighted by molar-refractivity contribution is 7.99. The molecule has 4 rings (SSSR count). The minimum absolute atomic E-state index is 0.0330. The van der Waals surface area contributed by atoms with E-state index in [1.54, 1.807) is 15.9 Å². The Bertz CT molecular complexity index is 1090. The van der Waals surface area contributed by atoms with Gasteiger partial charge in [-0.15, -0.1) is 11.3 Å². The van der Waals surface area contributed by atoms with Crippen molar-refractivity contribution in [3.8, 4) is 5.69 Å². The molecule has 0 atom stereocenters. The molecule has 1 aliphatic rings. The second-order valence-electron chi connectivity index (χ2n) is 7.99. The van der Waals surface area contributed by atoms with Crippen LogP contribution >= 0.6 is 23.1 Å². The van der Waals surface area contributed by atoms with Crippen molar-refractivity contribution in [3.63, 3.8) is 0 Å². The van der Waals surface area contributed by atoms with Crippen LogP contribution in [-0.4, -0.2) is 26.8 Å². The first-order valence-corrected chi connectivity index (χ1v) is 11.2. The molecule has 7 heteroatoms. The Morgan fingerprint density at radius 1 is 1.25 bits per heavy atom. The maximum atomic E-state index is 13.5. The number of carbonyl (C=O) groups excluding carboxylic acids is 1. The van der Waals surface area contributed by atoms with E-state index < -0.39 is 0 Å². The lowest BCUT2D eigenvalue weighted by atomic mass is 10.1. The number of hydrogen-bond donors (Lipinski definition) is 1.